The first-order chi connectivity index (χ1) is 16.4. The first-order valence-corrected chi connectivity index (χ1v) is 11.2. The van der Waals surface area contributed by atoms with Crippen LogP contribution in [0.1, 0.15) is 61.1 Å². The summed E-state index contributed by atoms with van der Waals surface area (Å²) in [5, 5.41) is 24.7. The van der Waals surface area contributed by atoms with Crippen LogP contribution >= 0.6 is 0 Å². The third-order valence-electron chi connectivity index (χ3n) is 6.67. The predicted molar refractivity (Wildman–Crippen MR) is 119 cm³/mol. The zero-order valence-corrected chi connectivity index (χ0v) is 19.3. The van der Waals surface area contributed by atoms with Crippen LogP contribution < -0.4 is 10.6 Å². The van der Waals surface area contributed by atoms with E-state index >= 15 is 0 Å². The number of pyridine rings is 1. The molecule has 0 saturated heterocycles. The second-order valence-corrected chi connectivity index (χ2v) is 8.80. The van der Waals surface area contributed by atoms with Gasteiger partial charge < -0.3 is 20.8 Å². The summed E-state index contributed by atoms with van der Waals surface area (Å²) in [7, 11) is 0. The van der Waals surface area contributed by atoms with Gasteiger partial charge in [0.05, 0.1) is 13.0 Å². The Morgan fingerprint density at radius 3 is 2.34 bits per heavy atom. The second kappa shape index (κ2) is 9.80. The third kappa shape index (κ3) is 5.39. The molecule has 2 aromatic rings. The average Bonchev–Trinajstić information content (AvgIpc) is 3.59. The van der Waals surface area contributed by atoms with Crippen LogP contribution in [0.15, 0.2) is 30.5 Å². The van der Waals surface area contributed by atoms with Crippen LogP contribution in [-0.2, 0) is 16.6 Å². The van der Waals surface area contributed by atoms with Crippen molar-refractivity contribution in [2.75, 3.05) is 11.9 Å². The van der Waals surface area contributed by atoms with Crippen molar-refractivity contribution in [1.82, 2.24) is 10.3 Å². The van der Waals surface area contributed by atoms with E-state index in [1.807, 2.05) is 19.2 Å². The number of phenols is 1. The Bertz CT molecular complexity index is 1100. The van der Waals surface area contributed by atoms with Crippen molar-refractivity contribution in [2.24, 2.45) is 0 Å². The van der Waals surface area contributed by atoms with Crippen molar-refractivity contribution in [2.45, 2.75) is 63.1 Å². The molecule has 35 heavy (non-hydrogen) atoms. The van der Waals surface area contributed by atoms with Gasteiger partial charge in [-0.1, -0.05) is 13.8 Å². The van der Waals surface area contributed by atoms with Crippen LogP contribution in [0.2, 0.25) is 0 Å². The van der Waals surface area contributed by atoms with Gasteiger partial charge in [-0.05, 0) is 49.9 Å². The summed E-state index contributed by atoms with van der Waals surface area (Å²) in [5.41, 5.74) is -3.12. The zero-order valence-electron chi connectivity index (χ0n) is 19.3. The molecule has 1 aliphatic carbocycles. The number of alkyl halides is 3. The minimum Gasteiger partial charge on any atom is -0.508 e. The van der Waals surface area contributed by atoms with E-state index in [2.05, 4.69) is 10.3 Å². The molecule has 3 rings (SSSR count). The van der Waals surface area contributed by atoms with Crippen LogP contribution in [0, 0.1) is 5.82 Å². The standard InChI is InChI=1S/C24H27F4N3O4/c1-3-22(4-2,13-32)16-12-17(25)14(9-19(16)33)10-20(34)30-15-5-8-29-18(11-15)21(35)31-23(6-7-23)24(26,27)28/h5,8-9,11-12,32-33H,3-4,6-7,10,13H2,1-2H3,(H,31,35)(H,29,30,34). The molecule has 1 fully saturated rings. The summed E-state index contributed by atoms with van der Waals surface area (Å²) in [5.74, 6) is -2.68. The molecule has 7 nitrogen and oxygen atoms in total. The lowest BCUT2D eigenvalue weighted by atomic mass is 9.75. The van der Waals surface area contributed by atoms with Gasteiger partial charge in [0.25, 0.3) is 5.91 Å². The van der Waals surface area contributed by atoms with E-state index < -0.39 is 41.2 Å². The number of aliphatic hydroxyl groups excluding tert-OH is 1. The van der Waals surface area contributed by atoms with E-state index in [0.29, 0.717) is 12.8 Å². The molecule has 0 aliphatic heterocycles. The molecule has 1 aromatic carbocycles. The number of nitrogens with zero attached hydrogens (tertiary/aromatic N) is 1. The van der Waals surface area contributed by atoms with E-state index in [1.54, 1.807) is 0 Å². The summed E-state index contributed by atoms with van der Waals surface area (Å²) in [4.78, 5) is 28.5. The Labute approximate surface area is 199 Å². The Morgan fingerprint density at radius 2 is 1.80 bits per heavy atom. The highest BCUT2D eigenvalue weighted by atomic mass is 19.4. The first-order valence-electron chi connectivity index (χ1n) is 11.2. The summed E-state index contributed by atoms with van der Waals surface area (Å²) in [6.07, 6.45) is -3.37. The first kappa shape index (κ1) is 26.4. The molecule has 1 saturated carbocycles. The molecule has 4 N–H and O–H groups in total. The third-order valence-corrected chi connectivity index (χ3v) is 6.67. The quantitative estimate of drug-likeness (QED) is 0.392. The molecule has 1 aromatic heterocycles. The maximum absolute atomic E-state index is 14.8. The molecule has 190 valence electrons. The number of hydrogen-bond acceptors (Lipinski definition) is 5. The largest absolute Gasteiger partial charge is 0.508 e. The van der Waals surface area contributed by atoms with Gasteiger partial charge in [-0.25, -0.2) is 4.39 Å². The minimum atomic E-state index is -4.58. The number of carbonyl (C=O) groups is 2. The number of aliphatic hydroxyl groups is 1. The summed E-state index contributed by atoms with van der Waals surface area (Å²) >= 11 is 0. The number of aromatic nitrogens is 1. The number of amides is 2. The predicted octanol–water partition coefficient (Wildman–Crippen LogP) is 3.98. The molecule has 0 bridgehead atoms. The van der Waals surface area contributed by atoms with Crippen molar-refractivity contribution in [3.63, 3.8) is 0 Å². The monoisotopic (exact) mass is 497 g/mol. The number of halogens is 4. The Hall–Kier alpha value is -3.21. The van der Waals surface area contributed by atoms with Crippen LogP contribution in [0.3, 0.4) is 0 Å². The lowest BCUT2D eigenvalue weighted by molar-refractivity contribution is -0.163. The van der Waals surface area contributed by atoms with Crippen LogP contribution in [0.4, 0.5) is 23.2 Å². The molecular weight excluding hydrogens is 470 g/mol. The molecule has 11 heteroatoms. The molecular formula is C24H27F4N3O4. The van der Waals surface area contributed by atoms with Crippen molar-refractivity contribution >= 4 is 17.5 Å². The van der Waals surface area contributed by atoms with Gasteiger partial charge in [-0.2, -0.15) is 13.2 Å². The number of anilines is 1. The van der Waals surface area contributed by atoms with Gasteiger partial charge in [0.2, 0.25) is 5.91 Å². The van der Waals surface area contributed by atoms with E-state index in [4.69, 9.17) is 0 Å². The number of nitrogens with one attached hydrogen (secondary N) is 2. The smallest absolute Gasteiger partial charge is 0.411 e. The van der Waals surface area contributed by atoms with Gasteiger partial charge in [-0.15, -0.1) is 0 Å². The number of benzene rings is 1. The van der Waals surface area contributed by atoms with Gasteiger partial charge >= 0.3 is 6.18 Å². The number of carbonyl (C=O) groups excluding carboxylic acids is 2. The zero-order chi connectivity index (χ0) is 26.0. The fourth-order valence-electron chi connectivity index (χ4n) is 4.00. The van der Waals surface area contributed by atoms with Crippen molar-refractivity contribution in [3.8, 4) is 5.75 Å². The van der Waals surface area contributed by atoms with Crippen molar-refractivity contribution < 1.29 is 37.4 Å². The van der Waals surface area contributed by atoms with Gasteiger partial charge in [0, 0.05) is 28.4 Å². The highest BCUT2D eigenvalue weighted by molar-refractivity contribution is 5.96. The molecule has 0 radical (unpaired) electrons. The SMILES string of the molecule is CCC(CC)(CO)c1cc(F)c(CC(=O)Nc2ccnc(C(=O)NC3(C(F)(F)F)CC3)c2)cc1O. The van der Waals surface area contributed by atoms with Crippen LogP contribution in [-0.4, -0.2) is 45.3 Å². The molecule has 2 amide bonds. The van der Waals surface area contributed by atoms with Gasteiger partial charge in [0.1, 0.15) is 22.8 Å². The van der Waals surface area contributed by atoms with Crippen molar-refractivity contribution in [1.29, 1.82) is 0 Å². The Morgan fingerprint density at radius 1 is 1.14 bits per heavy atom. The Balaban J connectivity index is 1.71. The lowest BCUT2D eigenvalue weighted by Gasteiger charge is -2.31. The van der Waals surface area contributed by atoms with Crippen LogP contribution in [0.5, 0.6) is 5.75 Å². The van der Waals surface area contributed by atoms with E-state index in [0.717, 1.165) is 24.4 Å². The van der Waals surface area contributed by atoms with E-state index in [9.17, 15) is 37.4 Å². The second-order valence-electron chi connectivity index (χ2n) is 8.80. The lowest BCUT2D eigenvalue weighted by Crippen LogP contribution is -2.48. The summed E-state index contributed by atoms with van der Waals surface area (Å²) < 4.78 is 54.0. The average molecular weight is 497 g/mol. The molecule has 1 heterocycles. The minimum absolute atomic E-state index is 0.0873. The topological polar surface area (TPSA) is 112 Å². The Kier molecular flexibility index (Phi) is 7.39. The summed E-state index contributed by atoms with van der Waals surface area (Å²) in [6.45, 7) is 3.35. The highest BCUT2D eigenvalue weighted by Gasteiger charge is 2.64. The number of phenolic OH excluding ortho intramolecular Hbond substituents is 1. The van der Waals surface area contributed by atoms with Crippen LogP contribution in [0.25, 0.3) is 0 Å². The highest BCUT2D eigenvalue weighted by Crippen LogP contribution is 2.49. The van der Waals surface area contributed by atoms with E-state index in [1.165, 1.54) is 6.07 Å². The fraction of sp³-hybridized carbons (Fsp3) is 0.458. The molecule has 1 aliphatic rings. The summed E-state index contributed by atoms with van der Waals surface area (Å²) in [6, 6.07) is 4.71. The van der Waals surface area contributed by atoms with Crippen molar-refractivity contribution in [3.05, 3.63) is 53.1 Å². The van der Waals surface area contributed by atoms with Gasteiger partial charge in [-0.3, -0.25) is 14.6 Å². The van der Waals surface area contributed by atoms with E-state index in [-0.39, 0.29) is 47.7 Å². The molecule has 0 spiro atoms. The normalized spacial score (nSPS) is 14.9. The number of rotatable bonds is 9. The van der Waals surface area contributed by atoms with Gasteiger partial charge in [0.15, 0.2) is 0 Å². The number of hydrogen-bond donors (Lipinski definition) is 4. The number of aromatic hydroxyl groups is 1. The maximum Gasteiger partial charge on any atom is 0.411 e. The molecule has 0 atom stereocenters. The molecule has 0 unspecified atom stereocenters. The fourth-order valence-corrected chi connectivity index (χ4v) is 4.00. The maximum atomic E-state index is 14.8.